The summed E-state index contributed by atoms with van der Waals surface area (Å²) in [4.78, 5) is 0. The van der Waals surface area contributed by atoms with Crippen molar-refractivity contribution in [1.82, 2.24) is 0 Å². The van der Waals surface area contributed by atoms with E-state index in [9.17, 15) is 0 Å². The number of hydrogen-bond donors (Lipinski definition) is 0. The van der Waals surface area contributed by atoms with Gasteiger partial charge >= 0.3 is 0 Å². The Morgan fingerprint density at radius 1 is 0.524 bits per heavy atom. The van der Waals surface area contributed by atoms with Crippen LogP contribution in [-0.4, -0.2) is 0 Å². The van der Waals surface area contributed by atoms with Crippen LogP contribution in [0.1, 0.15) is 57.7 Å². The molecule has 2 aromatic rings. The molecule has 0 heteroatoms. The predicted octanol–water partition coefficient (Wildman–Crippen LogP) is 6.48. The second kappa shape index (κ2) is 13.4. The second-order valence-corrected chi connectivity index (χ2v) is 4.55. The van der Waals surface area contributed by atoms with E-state index in [1.165, 1.54) is 29.5 Å². The molecule has 0 aliphatic rings. The summed E-state index contributed by atoms with van der Waals surface area (Å²) in [5.41, 5.74) is 4.31. The molecule has 0 radical (unpaired) electrons. The van der Waals surface area contributed by atoms with Crippen molar-refractivity contribution >= 4 is 0 Å². The van der Waals surface area contributed by atoms with Crippen molar-refractivity contribution in [2.75, 3.05) is 0 Å². The third-order valence-corrected chi connectivity index (χ3v) is 3.11. The van der Waals surface area contributed by atoms with E-state index in [2.05, 4.69) is 61.5 Å². The van der Waals surface area contributed by atoms with Crippen molar-refractivity contribution < 1.29 is 0 Å². The van der Waals surface area contributed by atoms with E-state index < -0.39 is 0 Å². The maximum Gasteiger partial charge on any atom is -0.0238 e. The number of hydrogen-bond acceptors (Lipinski definition) is 0. The molecule has 0 aromatic heterocycles. The van der Waals surface area contributed by atoms with Gasteiger partial charge in [0.15, 0.2) is 0 Å². The third kappa shape index (κ3) is 8.34. The summed E-state index contributed by atoms with van der Waals surface area (Å²) in [5, 5.41) is 0. The summed E-state index contributed by atoms with van der Waals surface area (Å²) < 4.78 is 0. The summed E-state index contributed by atoms with van der Waals surface area (Å²) in [6.45, 7) is 10.2. The van der Waals surface area contributed by atoms with Crippen LogP contribution in [0.5, 0.6) is 0 Å². The molecule has 2 rings (SSSR count). The number of benzene rings is 2. The lowest BCUT2D eigenvalue weighted by molar-refractivity contribution is 0.914. The van der Waals surface area contributed by atoms with E-state index in [4.69, 9.17) is 0 Å². The fourth-order valence-electron chi connectivity index (χ4n) is 2.09. The Bertz CT molecular complexity index is 425. The van der Waals surface area contributed by atoms with E-state index >= 15 is 0 Å². The van der Waals surface area contributed by atoms with Gasteiger partial charge in [-0.05, 0) is 36.0 Å². The van der Waals surface area contributed by atoms with Crippen LogP contribution >= 0.6 is 0 Å². The Morgan fingerprint density at radius 2 is 0.905 bits per heavy atom. The van der Waals surface area contributed by atoms with Crippen LogP contribution in [-0.2, 0) is 19.3 Å². The van der Waals surface area contributed by atoms with E-state index in [0.29, 0.717) is 0 Å². The molecule has 21 heavy (non-hydrogen) atoms. The molecular formula is C21H32. The van der Waals surface area contributed by atoms with E-state index in [1.54, 1.807) is 0 Å². The van der Waals surface area contributed by atoms with Gasteiger partial charge in [-0.3, -0.25) is 0 Å². The Morgan fingerprint density at radius 3 is 1.33 bits per heavy atom. The van der Waals surface area contributed by atoms with E-state index in [1.807, 2.05) is 27.7 Å². The molecule has 0 heterocycles. The molecule has 0 nitrogen and oxygen atoms in total. The zero-order valence-electron chi connectivity index (χ0n) is 14.5. The van der Waals surface area contributed by atoms with Gasteiger partial charge in [-0.15, -0.1) is 0 Å². The Kier molecular flexibility index (Phi) is 12.4. The van der Waals surface area contributed by atoms with Crippen LogP contribution in [0.4, 0.5) is 0 Å². The molecular weight excluding hydrogens is 252 g/mol. The summed E-state index contributed by atoms with van der Waals surface area (Å²) >= 11 is 0. The molecule has 0 saturated heterocycles. The monoisotopic (exact) mass is 284 g/mol. The predicted molar refractivity (Wildman–Crippen MR) is 97.0 cm³/mol. The molecule has 0 unspecified atom stereocenters. The highest BCUT2D eigenvalue weighted by Gasteiger charge is 1.96. The van der Waals surface area contributed by atoms with E-state index in [0.717, 1.165) is 12.8 Å². The van der Waals surface area contributed by atoms with Crippen LogP contribution in [0.15, 0.2) is 54.6 Å². The summed E-state index contributed by atoms with van der Waals surface area (Å²) in [5.74, 6) is 0. The molecule has 116 valence electrons. The average Bonchev–Trinajstić information content (AvgIpc) is 2.59. The fourth-order valence-corrected chi connectivity index (χ4v) is 2.09. The fraction of sp³-hybridized carbons (Fsp3) is 0.429. The van der Waals surface area contributed by atoms with Crippen LogP contribution in [0.3, 0.4) is 0 Å². The maximum absolute atomic E-state index is 2.27. The Labute approximate surface area is 132 Å². The van der Waals surface area contributed by atoms with Crippen molar-refractivity contribution in [2.45, 2.75) is 60.3 Å². The minimum Gasteiger partial charge on any atom is -0.0683 e. The van der Waals surface area contributed by atoms with Gasteiger partial charge in [-0.1, -0.05) is 95.6 Å². The highest BCUT2D eigenvalue weighted by Crippen LogP contribution is 2.10. The van der Waals surface area contributed by atoms with E-state index in [-0.39, 0.29) is 0 Å². The van der Waals surface area contributed by atoms with Gasteiger partial charge in [0.1, 0.15) is 0 Å². The van der Waals surface area contributed by atoms with Crippen LogP contribution in [0.2, 0.25) is 0 Å². The first-order valence-electron chi connectivity index (χ1n) is 8.50. The molecule has 0 amide bonds. The van der Waals surface area contributed by atoms with Crippen molar-refractivity contribution in [3.05, 3.63) is 71.3 Å². The number of rotatable bonds is 5. The van der Waals surface area contributed by atoms with Crippen molar-refractivity contribution in [1.29, 1.82) is 0 Å². The largest absolute Gasteiger partial charge is 0.0683 e. The van der Waals surface area contributed by atoms with Gasteiger partial charge in [0.05, 0.1) is 0 Å². The minimum absolute atomic E-state index is 1.13. The highest BCUT2D eigenvalue weighted by atomic mass is 14.0. The van der Waals surface area contributed by atoms with Crippen molar-refractivity contribution in [3.8, 4) is 0 Å². The summed E-state index contributed by atoms with van der Waals surface area (Å²) in [7, 11) is 0. The van der Waals surface area contributed by atoms with Gasteiger partial charge in [-0.25, -0.2) is 0 Å². The van der Waals surface area contributed by atoms with Crippen LogP contribution in [0.25, 0.3) is 0 Å². The summed E-state index contributed by atoms with van der Waals surface area (Å²) in [6, 6.07) is 19.8. The zero-order valence-corrected chi connectivity index (χ0v) is 14.5. The lowest BCUT2D eigenvalue weighted by atomic mass is 10.0. The van der Waals surface area contributed by atoms with Crippen LogP contribution in [0, 0.1) is 0 Å². The normalized spacial score (nSPS) is 9.00. The quantitative estimate of drug-likeness (QED) is 0.589. The van der Waals surface area contributed by atoms with Gasteiger partial charge in [0.25, 0.3) is 0 Å². The topological polar surface area (TPSA) is 0 Å². The molecule has 0 bridgehead atoms. The first kappa shape index (κ1) is 19.4. The first-order chi connectivity index (χ1) is 10.4. The standard InChI is InChI=1S/C17H20.2C2H6/c1-2-6-15-9-12-17(13-10-15)14-11-16-7-4-3-5-8-16;2*1-2/h3-5,7-10,12-13H,2,6,11,14H2,1H3;2*1-2H3. The summed E-state index contributed by atoms with van der Waals surface area (Å²) in [6.07, 6.45) is 4.69. The molecule has 0 N–H and O–H groups in total. The minimum atomic E-state index is 1.13. The molecule has 0 fully saturated rings. The zero-order chi connectivity index (χ0) is 15.9. The van der Waals surface area contributed by atoms with Gasteiger partial charge in [-0.2, -0.15) is 0 Å². The Hall–Kier alpha value is -1.56. The van der Waals surface area contributed by atoms with Gasteiger partial charge in [0, 0.05) is 0 Å². The van der Waals surface area contributed by atoms with Gasteiger partial charge < -0.3 is 0 Å². The lowest BCUT2D eigenvalue weighted by Gasteiger charge is -2.04. The molecule has 0 aliphatic heterocycles. The van der Waals surface area contributed by atoms with Crippen LogP contribution < -0.4 is 0 Å². The van der Waals surface area contributed by atoms with Crippen molar-refractivity contribution in [2.24, 2.45) is 0 Å². The molecule has 2 aromatic carbocycles. The molecule has 0 saturated carbocycles. The average molecular weight is 284 g/mol. The first-order valence-corrected chi connectivity index (χ1v) is 8.50. The third-order valence-electron chi connectivity index (χ3n) is 3.11. The SMILES string of the molecule is CC.CC.CCCc1ccc(CCc2ccccc2)cc1. The smallest absolute Gasteiger partial charge is 0.0238 e. The van der Waals surface area contributed by atoms with Gasteiger partial charge in [0.2, 0.25) is 0 Å². The number of aryl methyl sites for hydroxylation is 3. The lowest BCUT2D eigenvalue weighted by Crippen LogP contribution is -1.91. The Balaban J connectivity index is 0.000000921. The van der Waals surface area contributed by atoms with Crippen molar-refractivity contribution in [3.63, 3.8) is 0 Å². The second-order valence-electron chi connectivity index (χ2n) is 4.55. The molecule has 0 aliphatic carbocycles. The molecule has 0 atom stereocenters. The maximum atomic E-state index is 2.27. The highest BCUT2D eigenvalue weighted by molar-refractivity contribution is 5.24. The molecule has 0 spiro atoms.